The molecule has 3 aromatic rings. The van der Waals surface area contributed by atoms with Gasteiger partial charge in [-0.05, 0) is 48.9 Å². The summed E-state index contributed by atoms with van der Waals surface area (Å²) in [7, 11) is 1.57. The predicted octanol–water partition coefficient (Wildman–Crippen LogP) is 3.20. The second-order valence-corrected chi connectivity index (χ2v) is 5.42. The van der Waals surface area contributed by atoms with Crippen molar-refractivity contribution in [3.05, 3.63) is 65.6 Å². The van der Waals surface area contributed by atoms with Crippen LogP contribution in [0.25, 0.3) is 11.7 Å². The Hall–Kier alpha value is -3.59. The van der Waals surface area contributed by atoms with Gasteiger partial charge in [-0.3, -0.25) is 4.79 Å². The Morgan fingerprint density at radius 2 is 2.08 bits per heavy atom. The van der Waals surface area contributed by atoms with Crippen molar-refractivity contribution < 1.29 is 9.53 Å². The number of methoxy groups -OCH3 is 1. The third-order valence-corrected chi connectivity index (χ3v) is 3.76. The SMILES string of the molecule is COc1ccc(NC(=O)C(C#N)=Cc2cnc3c(C)cccn23)cc1. The summed E-state index contributed by atoms with van der Waals surface area (Å²) in [6, 6.07) is 12.7. The highest BCUT2D eigenvalue weighted by molar-refractivity contribution is 6.09. The summed E-state index contributed by atoms with van der Waals surface area (Å²) >= 11 is 0. The van der Waals surface area contributed by atoms with Crippen molar-refractivity contribution in [3.8, 4) is 11.8 Å². The van der Waals surface area contributed by atoms with Crippen molar-refractivity contribution in [2.45, 2.75) is 6.92 Å². The van der Waals surface area contributed by atoms with Crippen LogP contribution in [0.15, 0.2) is 54.4 Å². The van der Waals surface area contributed by atoms with Gasteiger partial charge < -0.3 is 14.5 Å². The molecular formula is C19H16N4O2. The van der Waals surface area contributed by atoms with E-state index in [0.29, 0.717) is 17.1 Å². The number of fused-ring (bicyclic) bond motifs is 1. The number of carbonyl (C=O) groups excluding carboxylic acids is 1. The second kappa shape index (κ2) is 6.89. The molecule has 2 heterocycles. The van der Waals surface area contributed by atoms with Gasteiger partial charge in [0.2, 0.25) is 0 Å². The number of benzene rings is 1. The van der Waals surface area contributed by atoms with Crippen LogP contribution in [-0.2, 0) is 4.79 Å². The van der Waals surface area contributed by atoms with E-state index in [1.165, 1.54) is 6.08 Å². The minimum atomic E-state index is -0.477. The molecule has 0 atom stereocenters. The molecule has 3 rings (SSSR count). The van der Waals surface area contributed by atoms with Crippen LogP contribution in [0.4, 0.5) is 5.69 Å². The number of hydrogen-bond donors (Lipinski definition) is 1. The van der Waals surface area contributed by atoms with E-state index in [2.05, 4.69) is 10.3 Å². The molecule has 0 aliphatic carbocycles. The largest absolute Gasteiger partial charge is 0.497 e. The third kappa shape index (κ3) is 3.35. The number of carbonyl (C=O) groups is 1. The molecule has 0 bridgehead atoms. The number of aryl methyl sites for hydroxylation is 1. The molecule has 0 saturated heterocycles. The van der Waals surface area contributed by atoms with E-state index in [-0.39, 0.29) is 5.57 Å². The lowest BCUT2D eigenvalue weighted by Gasteiger charge is -2.05. The number of anilines is 1. The van der Waals surface area contributed by atoms with Crippen LogP contribution >= 0.6 is 0 Å². The fourth-order valence-corrected chi connectivity index (χ4v) is 2.45. The van der Waals surface area contributed by atoms with Gasteiger partial charge in [0, 0.05) is 11.9 Å². The molecule has 6 nitrogen and oxygen atoms in total. The average Bonchev–Trinajstić information content (AvgIpc) is 3.04. The van der Waals surface area contributed by atoms with Crippen molar-refractivity contribution in [1.29, 1.82) is 5.26 Å². The highest BCUT2D eigenvalue weighted by Gasteiger charge is 2.11. The topological polar surface area (TPSA) is 79.4 Å². The van der Waals surface area contributed by atoms with Gasteiger partial charge in [0.1, 0.15) is 23.0 Å². The Bertz CT molecular complexity index is 994. The maximum Gasteiger partial charge on any atom is 0.266 e. The molecule has 0 radical (unpaired) electrons. The first-order chi connectivity index (χ1) is 12.1. The summed E-state index contributed by atoms with van der Waals surface area (Å²) in [5.41, 5.74) is 3.06. The maximum absolute atomic E-state index is 12.4. The number of pyridine rings is 1. The Morgan fingerprint density at radius 1 is 1.32 bits per heavy atom. The first kappa shape index (κ1) is 16.3. The molecule has 1 N–H and O–H groups in total. The summed E-state index contributed by atoms with van der Waals surface area (Å²) in [4.78, 5) is 16.7. The van der Waals surface area contributed by atoms with Gasteiger partial charge >= 0.3 is 0 Å². The molecule has 124 valence electrons. The number of amides is 1. The smallest absolute Gasteiger partial charge is 0.266 e. The minimum Gasteiger partial charge on any atom is -0.497 e. The first-order valence-electron chi connectivity index (χ1n) is 7.62. The molecule has 0 spiro atoms. The van der Waals surface area contributed by atoms with Gasteiger partial charge in [0.05, 0.1) is 19.0 Å². The summed E-state index contributed by atoms with van der Waals surface area (Å²) in [6.45, 7) is 1.96. The highest BCUT2D eigenvalue weighted by Crippen LogP contribution is 2.17. The number of nitrogens with zero attached hydrogens (tertiary/aromatic N) is 3. The normalized spacial score (nSPS) is 11.2. The van der Waals surface area contributed by atoms with Crippen molar-refractivity contribution >= 4 is 23.3 Å². The molecule has 2 aromatic heterocycles. The number of hydrogen-bond acceptors (Lipinski definition) is 4. The standard InChI is InChI=1S/C19H16N4O2/c1-13-4-3-9-23-16(12-21-18(13)23)10-14(11-20)19(24)22-15-5-7-17(25-2)8-6-15/h3-10,12H,1-2H3,(H,22,24). The van der Waals surface area contributed by atoms with E-state index < -0.39 is 5.91 Å². The zero-order chi connectivity index (χ0) is 17.8. The van der Waals surface area contributed by atoms with Crippen LogP contribution in [0.1, 0.15) is 11.3 Å². The van der Waals surface area contributed by atoms with Crippen LogP contribution in [0, 0.1) is 18.3 Å². The molecule has 0 aliphatic heterocycles. The quantitative estimate of drug-likeness (QED) is 0.588. The summed E-state index contributed by atoms with van der Waals surface area (Å²) in [6.07, 6.45) is 5.01. The van der Waals surface area contributed by atoms with E-state index in [1.807, 2.05) is 35.7 Å². The molecule has 25 heavy (non-hydrogen) atoms. The van der Waals surface area contributed by atoms with Crippen LogP contribution in [0.3, 0.4) is 0 Å². The first-order valence-corrected chi connectivity index (χ1v) is 7.62. The van der Waals surface area contributed by atoms with Crippen molar-refractivity contribution in [1.82, 2.24) is 9.38 Å². The van der Waals surface area contributed by atoms with Gasteiger partial charge in [0.15, 0.2) is 0 Å². The predicted molar refractivity (Wildman–Crippen MR) is 95.1 cm³/mol. The molecule has 0 unspecified atom stereocenters. The van der Waals surface area contributed by atoms with E-state index in [4.69, 9.17) is 4.74 Å². The second-order valence-electron chi connectivity index (χ2n) is 5.42. The van der Waals surface area contributed by atoms with Gasteiger partial charge in [-0.1, -0.05) is 6.07 Å². The molecule has 6 heteroatoms. The number of nitrogens with one attached hydrogen (secondary N) is 1. The van der Waals surface area contributed by atoms with Gasteiger partial charge in [-0.2, -0.15) is 5.26 Å². The Kier molecular flexibility index (Phi) is 4.48. The van der Waals surface area contributed by atoms with E-state index in [0.717, 1.165) is 11.2 Å². The van der Waals surface area contributed by atoms with E-state index in [9.17, 15) is 10.1 Å². The Morgan fingerprint density at radius 3 is 2.76 bits per heavy atom. The molecule has 0 fully saturated rings. The number of ether oxygens (including phenoxy) is 1. The Labute approximate surface area is 145 Å². The lowest BCUT2D eigenvalue weighted by molar-refractivity contribution is -0.112. The lowest BCUT2D eigenvalue weighted by Crippen LogP contribution is -2.13. The number of imidazole rings is 1. The molecule has 0 aliphatic rings. The number of aromatic nitrogens is 2. The maximum atomic E-state index is 12.4. The van der Waals surface area contributed by atoms with Crippen molar-refractivity contribution in [2.75, 3.05) is 12.4 Å². The molecule has 1 amide bonds. The van der Waals surface area contributed by atoms with Gasteiger partial charge in [0.25, 0.3) is 5.91 Å². The summed E-state index contributed by atoms with van der Waals surface area (Å²) < 4.78 is 6.92. The zero-order valence-corrected chi connectivity index (χ0v) is 13.9. The third-order valence-electron chi connectivity index (χ3n) is 3.76. The van der Waals surface area contributed by atoms with Gasteiger partial charge in [-0.15, -0.1) is 0 Å². The lowest BCUT2D eigenvalue weighted by atomic mass is 10.2. The number of nitriles is 1. The summed E-state index contributed by atoms with van der Waals surface area (Å²) in [5, 5.41) is 12.1. The minimum absolute atomic E-state index is 0.000811. The Balaban J connectivity index is 1.87. The van der Waals surface area contributed by atoms with Crippen LogP contribution in [-0.4, -0.2) is 22.4 Å². The summed E-state index contributed by atoms with van der Waals surface area (Å²) in [5.74, 6) is 0.213. The molecule has 1 aromatic carbocycles. The fraction of sp³-hybridized carbons (Fsp3) is 0.105. The zero-order valence-electron chi connectivity index (χ0n) is 13.9. The number of rotatable bonds is 4. The van der Waals surface area contributed by atoms with Gasteiger partial charge in [-0.25, -0.2) is 4.98 Å². The molecule has 0 saturated carbocycles. The molecular weight excluding hydrogens is 316 g/mol. The monoisotopic (exact) mass is 332 g/mol. The highest BCUT2D eigenvalue weighted by atomic mass is 16.5. The average molecular weight is 332 g/mol. The van der Waals surface area contributed by atoms with Crippen molar-refractivity contribution in [3.63, 3.8) is 0 Å². The van der Waals surface area contributed by atoms with Crippen molar-refractivity contribution in [2.24, 2.45) is 0 Å². The van der Waals surface area contributed by atoms with Crippen LogP contribution in [0.5, 0.6) is 5.75 Å². The van der Waals surface area contributed by atoms with E-state index in [1.54, 1.807) is 37.6 Å². The van der Waals surface area contributed by atoms with E-state index >= 15 is 0 Å². The van der Waals surface area contributed by atoms with Crippen LogP contribution in [0.2, 0.25) is 0 Å². The van der Waals surface area contributed by atoms with Crippen LogP contribution < -0.4 is 10.1 Å². The fourth-order valence-electron chi connectivity index (χ4n) is 2.45.